The summed E-state index contributed by atoms with van der Waals surface area (Å²) in [7, 11) is 0. The number of hydrogen-bond donors (Lipinski definition) is 2. The molecule has 0 radical (unpaired) electrons. The van der Waals surface area contributed by atoms with Gasteiger partial charge in [0.2, 0.25) is 0 Å². The van der Waals surface area contributed by atoms with E-state index in [1.165, 1.54) is 32.2 Å². The number of rotatable bonds is 3. The van der Waals surface area contributed by atoms with Crippen molar-refractivity contribution in [3.05, 3.63) is 35.8 Å². The number of aromatic nitrogens is 3. The summed E-state index contributed by atoms with van der Waals surface area (Å²) in [6, 6.07) is 2.11. The van der Waals surface area contributed by atoms with Gasteiger partial charge in [-0.25, -0.2) is 4.98 Å². The Kier molecular flexibility index (Phi) is 4.07. The molecule has 2 aromatic rings. The number of nitrogens with one attached hydrogen (secondary N) is 1. The first-order valence-electron chi connectivity index (χ1n) is 6.32. The normalized spacial score (nSPS) is 11.7. The van der Waals surface area contributed by atoms with E-state index in [9.17, 15) is 23.1 Å². The van der Waals surface area contributed by atoms with Crippen LogP contribution in [0, 0.1) is 0 Å². The fraction of sp³-hybridized carbons (Fsp3) is 0.308. The molecule has 6 nitrogen and oxygen atoms in total. The molecule has 0 aromatic carbocycles. The lowest BCUT2D eigenvalue weighted by atomic mass is 10.2. The molecule has 0 aliphatic carbocycles. The molecular formula is C13H13F3N4O2. The number of anilines is 1. The fourth-order valence-electron chi connectivity index (χ4n) is 1.87. The third-order valence-corrected chi connectivity index (χ3v) is 2.82. The standard InChI is InChI=1S/C13H13F3N4O2/c1-7(2)20-10(13(14,15)16)8(6-18-20)12(22)19-11-9(21)4-3-5-17-11/h3-7,21H,1-2H3,(H,17,19,22). The highest BCUT2D eigenvalue weighted by atomic mass is 19.4. The largest absolute Gasteiger partial charge is 0.504 e. The fourth-order valence-corrected chi connectivity index (χ4v) is 1.87. The van der Waals surface area contributed by atoms with E-state index in [0.717, 1.165) is 10.9 Å². The van der Waals surface area contributed by atoms with Crippen molar-refractivity contribution in [3.63, 3.8) is 0 Å². The van der Waals surface area contributed by atoms with Gasteiger partial charge in [-0.15, -0.1) is 0 Å². The second-order valence-electron chi connectivity index (χ2n) is 4.77. The van der Waals surface area contributed by atoms with Crippen LogP contribution in [-0.4, -0.2) is 25.8 Å². The van der Waals surface area contributed by atoms with Crippen LogP contribution >= 0.6 is 0 Å². The summed E-state index contributed by atoms with van der Waals surface area (Å²) in [5, 5.41) is 15.3. The Balaban J connectivity index is 2.41. The maximum absolute atomic E-state index is 13.2. The maximum atomic E-state index is 13.2. The van der Waals surface area contributed by atoms with Gasteiger partial charge < -0.3 is 10.4 Å². The Labute approximate surface area is 123 Å². The molecule has 1 amide bonds. The first kappa shape index (κ1) is 15.8. The topological polar surface area (TPSA) is 80.0 Å². The first-order chi connectivity index (χ1) is 10.2. The number of amides is 1. The molecule has 118 valence electrons. The predicted octanol–water partition coefficient (Wildman–Crippen LogP) is 2.84. The van der Waals surface area contributed by atoms with E-state index in [2.05, 4.69) is 15.4 Å². The number of carbonyl (C=O) groups is 1. The Morgan fingerprint density at radius 2 is 2.09 bits per heavy atom. The van der Waals surface area contributed by atoms with Crippen molar-refractivity contribution in [2.75, 3.05) is 5.32 Å². The van der Waals surface area contributed by atoms with Crippen LogP contribution in [-0.2, 0) is 6.18 Å². The van der Waals surface area contributed by atoms with Crippen molar-refractivity contribution in [3.8, 4) is 5.75 Å². The van der Waals surface area contributed by atoms with E-state index in [1.807, 2.05) is 0 Å². The van der Waals surface area contributed by atoms with Crippen LogP contribution in [0.15, 0.2) is 24.5 Å². The number of aromatic hydroxyl groups is 1. The molecule has 2 heterocycles. The zero-order chi connectivity index (χ0) is 16.5. The molecule has 0 atom stereocenters. The summed E-state index contributed by atoms with van der Waals surface area (Å²) < 4.78 is 40.3. The number of hydrogen-bond acceptors (Lipinski definition) is 4. The van der Waals surface area contributed by atoms with Crippen molar-refractivity contribution < 1.29 is 23.1 Å². The van der Waals surface area contributed by atoms with Crippen LogP contribution in [0.4, 0.5) is 19.0 Å². The number of alkyl halides is 3. The van der Waals surface area contributed by atoms with Gasteiger partial charge in [-0.2, -0.15) is 18.3 Å². The highest BCUT2D eigenvalue weighted by molar-refractivity contribution is 6.05. The molecule has 0 unspecified atom stereocenters. The lowest BCUT2D eigenvalue weighted by molar-refractivity contribution is -0.145. The summed E-state index contributed by atoms with van der Waals surface area (Å²) in [5.74, 6) is -1.62. The van der Waals surface area contributed by atoms with E-state index >= 15 is 0 Å². The average molecular weight is 314 g/mol. The summed E-state index contributed by atoms with van der Waals surface area (Å²) in [6.45, 7) is 3.04. The second kappa shape index (κ2) is 5.66. The number of carbonyl (C=O) groups excluding carboxylic acids is 1. The van der Waals surface area contributed by atoms with Crippen molar-refractivity contribution in [1.29, 1.82) is 0 Å². The molecule has 22 heavy (non-hydrogen) atoms. The maximum Gasteiger partial charge on any atom is 0.433 e. The molecule has 0 saturated heterocycles. The summed E-state index contributed by atoms with van der Waals surface area (Å²) in [5.41, 5.74) is -1.78. The van der Waals surface area contributed by atoms with Gasteiger partial charge in [0.05, 0.1) is 11.8 Å². The zero-order valence-corrected chi connectivity index (χ0v) is 11.7. The zero-order valence-electron chi connectivity index (χ0n) is 11.7. The lowest BCUT2D eigenvalue weighted by Gasteiger charge is -2.15. The first-order valence-corrected chi connectivity index (χ1v) is 6.32. The van der Waals surface area contributed by atoms with Gasteiger partial charge in [0, 0.05) is 12.2 Å². The highest BCUT2D eigenvalue weighted by Crippen LogP contribution is 2.34. The molecule has 0 saturated carbocycles. The van der Waals surface area contributed by atoms with Gasteiger partial charge in [0.25, 0.3) is 5.91 Å². The van der Waals surface area contributed by atoms with Crippen LogP contribution in [0.3, 0.4) is 0 Å². The van der Waals surface area contributed by atoms with Crippen molar-refractivity contribution in [2.45, 2.75) is 26.1 Å². The molecular weight excluding hydrogens is 301 g/mol. The summed E-state index contributed by atoms with van der Waals surface area (Å²) in [6.07, 6.45) is -2.60. The molecule has 0 fully saturated rings. The minimum atomic E-state index is -4.74. The molecule has 9 heteroatoms. The van der Waals surface area contributed by atoms with Crippen LogP contribution < -0.4 is 5.32 Å². The van der Waals surface area contributed by atoms with Crippen molar-refractivity contribution in [2.24, 2.45) is 0 Å². The van der Waals surface area contributed by atoms with Gasteiger partial charge in [0.1, 0.15) is 0 Å². The van der Waals surface area contributed by atoms with E-state index < -0.39 is 29.4 Å². The quantitative estimate of drug-likeness (QED) is 0.913. The van der Waals surface area contributed by atoms with Crippen LogP contribution in [0.5, 0.6) is 5.75 Å². The highest BCUT2D eigenvalue weighted by Gasteiger charge is 2.40. The van der Waals surface area contributed by atoms with Gasteiger partial charge in [0.15, 0.2) is 17.3 Å². The summed E-state index contributed by atoms with van der Waals surface area (Å²) in [4.78, 5) is 15.7. The molecule has 2 aromatic heterocycles. The van der Waals surface area contributed by atoms with E-state index in [0.29, 0.717) is 0 Å². The van der Waals surface area contributed by atoms with E-state index in [-0.39, 0.29) is 11.6 Å². The molecule has 2 N–H and O–H groups in total. The second-order valence-corrected chi connectivity index (χ2v) is 4.77. The average Bonchev–Trinajstić information content (AvgIpc) is 2.86. The van der Waals surface area contributed by atoms with Gasteiger partial charge in [-0.1, -0.05) is 0 Å². The Morgan fingerprint density at radius 1 is 1.41 bits per heavy atom. The third-order valence-electron chi connectivity index (χ3n) is 2.82. The predicted molar refractivity (Wildman–Crippen MR) is 71.5 cm³/mol. The third kappa shape index (κ3) is 3.02. The lowest BCUT2D eigenvalue weighted by Crippen LogP contribution is -2.22. The number of halogens is 3. The van der Waals surface area contributed by atoms with Crippen molar-refractivity contribution in [1.82, 2.24) is 14.8 Å². The molecule has 0 aliphatic rings. The monoisotopic (exact) mass is 314 g/mol. The summed E-state index contributed by atoms with van der Waals surface area (Å²) >= 11 is 0. The number of nitrogens with zero attached hydrogens (tertiary/aromatic N) is 3. The molecule has 2 rings (SSSR count). The Bertz CT molecular complexity index is 695. The molecule has 0 spiro atoms. The van der Waals surface area contributed by atoms with Gasteiger partial charge >= 0.3 is 6.18 Å². The SMILES string of the molecule is CC(C)n1ncc(C(=O)Nc2ncccc2O)c1C(F)(F)F. The van der Waals surface area contributed by atoms with Crippen molar-refractivity contribution >= 4 is 11.7 Å². The van der Waals surface area contributed by atoms with Gasteiger partial charge in [-0.05, 0) is 26.0 Å². The molecule has 0 aliphatic heterocycles. The van der Waals surface area contributed by atoms with E-state index in [1.54, 1.807) is 0 Å². The van der Waals surface area contributed by atoms with Crippen LogP contribution in [0.1, 0.15) is 35.9 Å². The Hall–Kier alpha value is -2.58. The van der Waals surface area contributed by atoms with Crippen LogP contribution in [0.25, 0.3) is 0 Å². The van der Waals surface area contributed by atoms with Gasteiger partial charge in [-0.3, -0.25) is 9.48 Å². The van der Waals surface area contributed by atoms with Crippen LogP contribution in [0.2, 0.25) is 0 Å². The minimum Gasteiger partial charge on any atom is -0.504 e. The Morgan fingerprint density at radius 3 is 2.64 bits per heavy atom. The smallest absolute Gasteiger partial charge is 0.433 e. The molecule has 0 bridgehead atoms. The minimum absolute atomic E-state index is 0.224. The number of pyridine rings is 1. The van der Waals surface area contributed by atoms with E-state index in [4.69, 9.17) is 0 Å².